The van der Waals surface area contributed by atoms with Crippen LogP contribution in [0.4, 0.5) is 0 Å². The molecule has 23 heavy (non-hydrogen) atoms. The van der Waals surface area contributed by atoms with Crippen LogP contribution in [0.15, 0.2) is 18.2 Å². The van der Waals surface area contributed by atoms with Crippen LogP contribution in [0.5, 0.6) is 5.75 Å². The summed E-state index contributed by atoms with van der Waals surface area (Å²) in [7, 11) is 0. The van der Waals surface area contributed by atoms with Crippen LogP contribution in [0.2, 0.25) is 0 Å². The van der Waals surface area contributed by atoms with Crippen molar-refractivity contribution in [1.29, 1.82) is 0 Å². The highest BCUT2D eigenvalue weighted by Gasteiger charge is 2.15. The quantitative estimate of drug-likeness (QED) is 0.809. The van der Waals surface area contributed by atoms with E-state index in [0.717, 1.165) is 22.7 Å². The second-order valence-corrected chi connectivity index (χ2v) is 5.72. The molecule has 8 heteroatoms. The topological polar surface area (TPSA) is 93.2 Å². The molecule has 0 aliphatic heterocycles. The van der Waals surface area contributed by atoms with Gasteiger partial charge in [-0.15, -0.1) is 5.10 Å². The molecular formula is C15H18N4O3S. The van der Waals surface area contributed by atoms with E-state index in [1.165, 1.54) is 0 Å². The van der Waals surface area contributed by atoms with Crippen LogP contribution in [-0.2, 0) is 11.2 Å². The Balaban J connectivity index is 1.83. The van der Waals surface area contributed by atoms with Gasteiger partial charge in [0.05, 0.1) is 5.69 Å². The van der Waals surface area contributed by atoms with Crippen molar-refractivity contribution in [3.05, 3.63) is 39.9 Å². The van der Waals surface area contributed by atoms with Crippen molar-refractivity contribution >= 4 is 23.3 Å². The molecule has 122 valence electrons. The van der Waals surface area contributed by atoms with Gasteiger partial charge >= 0.3 is 0 Å². The van der Waals surface area contributed by atoms with E-state index >= 15 is 0 Å². The number of aryl methyl sites for hydroxylation is 3. The predicted molar refractivity (Wildman–Crippen MR) is 86.3 cm³/mol. The normalized spacial score (nSPS) is 10.2. The molecule has 0 bridgehead atoms. The van der Waals surface area contributed by atoms with Gasteiger partial charge in [0.1, 0.15) is 10.6 Å². The molecule has 0 unspecified atom stereocenters. The Bertz CT molecular complexity index is 714. The van der Waals surface area contributed by atoms with E-state index in [1.54, 1.807) is 0 Å². The molecule has 1 aromatic carbocycles. The van der Waals surface area contributed by atoms with Crippen molar-refractivity contribution < 1.29 is 14.3 Å². The lowest BCUT2D eigenvalue weighted by molar-refractivity contribution is -0.123. The minimum Gasteiger partial charge on any atom is -0.483 e. The Morgan fingerprint density at radius 2 is 2.04 bits per heavy atom. The van der Waals surface area contributed by atoms with E-state index in [2.05, 4.69) is 20.4 Å². The molecule has 1 aromatic heterocycles. The number of hydrogen-bond acceptors (Lipinski definition) is 6. The van der Waals surface area contributed by atoms with Crippen molar-refractivity contribution in [2.75, 3.05) is 6.61 Å². The summed E-state index contributed by atoms with van der Waals surface area (Å²) in [5, 5.41) is 3.85. The largest absolute Gasteiger partial charge is 0.483 e. The number of benzene rings is 1. The fourth-order valence-corrected chi connectivity index (χ4v) is 2.48. The van der Waals surface area contributed by atoms with Gasteiger partial charge in [0, 0.05) is 0 Å². The molecule has 0 atom stereocenters. The van der Waals surface area contributed by atoms with E-state index in [9.17, 15) is 9.59 Å². The highest BCUT2D eigenvalue weighted by atomic mass is 32.1. The summed E-state index contributed by atoms with van der Waals surface area (Å²) in [5.74, 6) is -0.238. The highest BCUT2D eigenvalue weighted by Crippen LogP contribution is 2.18. The lowest BCUT2D eigenvalue weighted by atomic mass is 10.1. The van der Waals surface area contributed by atoms with Crippen LogP contribution in [0.3, 0.4) is 0 Å². The molecule has 0 spiro atoms. The molecule has 2 amide bonds. The van der Waals surface area contributed by atoms with Crippen LogP contribution in [0.25, 0.3) is 0 Å². The molecule has 1 heterocycles. The lowest BCUT2D eigenvalue weighted by Crippen LogP contribution is -2.43. The van der Waals surface area contributed by atoms with Gasteiger partial charge in [0.15, 0.2) is 6.61 Å². The van der Waals surface area contributed by atoms with Gasteiger partial charge in [-0.1, -0.05) is 23.5 Å². The second kappa shape index (κ2) is 7.68. The minimum atomic E-state index is -0.449. The average molecular weight is 334 g/mol. The standard InChI is InChI=1S/C15H18N4O3S/c1-4-11-14(23-19-16-11)15(21)18-17-13(20)8-22-12-7-9(2)5-6-10(12)3/h5-7H,4,8H2,1-3H3,(H,17,20)(H,18,21). The molecular weight excluding hydrogens is 316 g/mol. The van der Waals surface area contributed by atoms with E-state index < -0.39 is 11.8 Å². The Hall–Kier alpha value is -2.48. The van der Waals surface area contributed by atoms with Crippen molar-refractivity contribution in [1.82, 2.24) is 20.4 Å². The third kappa shape index (κ3) is 4.49. The maximum Gasteiger partial charge on any atom is 0.283 e. The maximum atomic E-state index is 11.9. The molecule has 0 aliphatic carbocycles. The van der Waals surface area contributed by atoms with Gasteiger partial charge in [-0.2, -0.15) is 0 Å². The van der Waals surface area contributed by atoms with Gasteiger partial charge in [-0.3, -0.25) is 20.4 Å². The molecule has 2 aromatic rings. The Morgan fingerprint density at radius 1 is 1.26 bits per heavy atom. The van der Waals surface area contributed by atoms with Crippen molar-refractivity contribution in [3.8, 4) is 5.75 Å². The third-order valence-electron chi connectivity index (χ3n) is 3.11. The number of carbonyl (C=O) groups excluding carboxylic acids is 2. The predicted octanol–water partition coefficient (Wildman–Crippen LogP) is 1.56. The first-order chi connectivity index (χ1) is 11.0. The first-order valence-corrected chi connectivity index (χ1v) is 7.89. The van der Waals surface area contributed by atoms with Crippen molar-refractivity contribution in [3.63, 3.8) is 0 Å². The zero-order valence-corrected chi connectivity index (χ0v) is 14.0. The van der Waals surface area contributed by atoms with Crippen LogP contribution in [-0.4, -0.2) is 28.0 Å². The molecule has 0 aliphatic rings. The molecule has 2 N–H and O–H groups in total. The number of amides is 2. The molecule has 0 radical (unpaired) electrons. The molecule has 0 saturated heterocycles. The monoisotopic (exact) mass is 334 g/mol. The van der Waals surface area contributed by atoms with Gasteiger partial charge < -0.3 is 4.74 Å². The zero-order valence-electron chi connectivity index (χ0n) is 13.2. The van der Waals surface area contributed by atoms with Crippen molar-refractivity contribution in [2.45, 2.75) is 27.2 Å². The SMILES string of the molecule is CCc1nnsc1C(=O)NNC(=O)COc1cc(C)ccc1C. The maximum absolute atomic E-state index is 11.9. The Morgan fingerprint density at radius 3 is 2.78 bits per heavy atom. The van der Waals surface area contributed by atoms with Crippen LogP contribution >= 0.6 is 11.5 Å². The van der Waals surface area contributed by atoms with Gasteiger partial charge in [-0.25, -0.2) is 0 Å². The molecule has 2 rings (SSSR count). The number of hydrogen-bond donors (Lipinski definition) is 2. The van der Waals surface area contributed by atoms with E-state index in [1.807, 2.05) is 39.0 Å². The summed E-state index contributed by atoms with van der Waals surface area (Å²) in [5.41, 5.74) is 7.24. The van der Waals surface area contributed by atoms with Crippen LogP contribution in [0.1, 0.15) is 33.4 Å². The van der Waals surface area contributed by atoms with Crippen LogP contribution in [0, 0.1) is 13.8 Å². The summed E-state index contributed by atoms with van der Waals surface area (Å²) < 4.78 is 9.19. The Labute approximate surface area is 138 Å². The number of hydrazine groups is 1. The number of ether oxygens (including phenoxy) is 1. The summed E-state index contributed by atoms with van der Waals surface area (Å²) in [4.78, 5) is 24.1. The fourth-order valence-electron chi connectivity index (χ4n) is 1.84. The smallest absolute Gasteiger partial charge is 0.283 e. The average Bonchev–Trinajstić information content (AvgIpc) is 3.02. The number of nitrogens with zero attached hydrogens (tertiary/aromatic N) is 2. The molecule has 7 nitrogen and oxygen atoms in total. The number of nitrogens with one attached hydrogen (secondary N) is 2. The first-order valence-electron chi connectivity index (χ1n) is 7.11. The lowest BCUT2D eigenvalue weighted by Gasteiger charge is -2.10. The summed E-state index contributed by atoms with van der Waals surface area (Å²) in [6.45, 7) is 5.54. The third-order valence-corrected chi connectivity index (χ3v) is 3.88. The van der Waals surface area contributed by atoms with E-state index in [-0.39, 0.29) is 6.61 Å². The van der Waals surface area contributed by atoms with Crippen molar-refractivity contribution in [2.24, 2.45) is 0 Å². The number of carbonyl (C=O) groups is 2. The molecule has 0 saturated carbocycles. The van der Waals surface area contributed by atoms with Gasteiger partial charge in [0.25, 0.3) is 11.8 Å². The first kappa shape index (κ1) is 16.9. The summed E-state index contributed by atoms with van der Waals surface area (Å²) >= 11 is 0.992. The second-order valence-electron chi connectivity index (χ2n) is 4.96. The minimum absolute atomic E-state index is 0.188. The van der Waals surface area contributed by atoms with E-state index in [0.29, 0.717) is 22.7 Å². The number of aromatic nitrogens is 2. The van der Waals surface area contributed by atoms with Gasteiger partial charge in [-0.05, 0) is 49.0 Å². The van der Waals surface area contributed by atoms with Crippen LogP contribution < -0.4 is 15.6 Å². The van der Waals surface area contributed by atoms with E-state index in [4.69, 9.17) is 4.74 Å². The summed E-state index contributed by atoms with van der Waals surface area (Å²) in [6, 6.07) is 5.75. The van der Waals surface area contributed by atoms with Gasteiger partial charge in [0.2, 0.25) is 0 Å². The number of rotatable bonds is 5. The Kier molecular flexibility index (Phi) is 5.64. The molecule has 0 fully saturated rings. The zero-order chi connectivity index (χ0) is 16.8. The summed E-state index contributed by atoms with van der Waals surface area (Å²) in [6.07, 6.45) is 0.600. The highest BCUT2D eigenvalue weighted by molar-refractivity contribution is 7.08. The fraction of sp³-hybridized carbons (Fsp3) is 0.333.